The van der Waals surface area contributed by atoms with Gasteiger partial charge in [0.05, 0.1) is 53.5 Å². The first-order valence-electron chi connectivity index (χ1n) is 14.0. The number of fused-ring (bicyclic) bond motifs is 10. The molecule has 0 saturated carbocycles. The van der Waals surface area contributed by atoms with Crippen molar-refractivity contribution in [2.45, 2.75) is 43.6 Å². The lowest BCUT2D eigenvalue weighted by Crippen LogP contribution is -2.56. The number of rotatable bonds is 6. The third-order valence-electron chi connectivity index (χ3n) is 8.64. The van der Waals surface area contributed by atoms with E-state index >= 15 is 0 Å². The zero-order chi connectivity index (χ0) is 31.2. The molecular weight excluding hydrogens is 576 g/mol. The van der Waals surface area contributed by atoms with Crippen molar-refractivity contribution in [3.63, 3.8) is 0 Å². The number of aryl methyl sites for hydroxylation is 1. The van der Waals surface area contributed by atoms with E-state index in [1.165, 1.54) is 16.7 Å². The number of hydrazine groups is 1. The molecule has 7 rings (SSSR count). The minimum absolute atomic E-state index is 0.000125. The van der Waals surface area contributed by atoms with Gasteiger partial charge in [0.2, 0.25) is 0 Å². The molecule has 2 aliphatic heterocycles. The van der Waals surface area contributed by atoms with Crippen molar-refractivity contribution in [2.24, 2.45) is 0 Å². The Kier molecular flexibility index (Phi) is 6.65. The molecule has 2 aliphatic rings. The number of aromatic amines is 1. The van der Waals surface area contributed by atoms with E-state index in [0.29, 0.717) is 32.7 Å². The van der Waals surface area contributed by atoms with Gasteiger partial charge in [0.25, 0.3) is 11.8 Å². The van der Waals surface area contributed by atoms with Gasteiger partial charge < -0.3 is 50.0 Å². The Morgan fingerprint density at radius 3 is 2.27 bits per heavy atom. The van der Waals surface area contributed by atoms with Crippen molar-refractivity contribution in [1.29, 1.82) is 0 Å². The van der Waals surface area contributed by atoms with E-state index in [0.717, 1.165) is 10.6 Å². The lowest BCUT2D eigenvalue weighted by molar-refractivity contribution is -0.249. The van der Waals surface area contributed by atoms with E-state index in [1.807, 2.05) is 19.1 Å². The number of aliphatic hydroxyl groups excluding tert-OH is 6. The second kappa shape index (κ2) is 10.2. The minimum Gasteiger partial charge on any atom is -0.508 e. The number of phenolic OH excluding ortho intramolecular Hbond substituents is 1. The molecule has 4 heterocycles. The third kappa shape index (κ3) is 3.84. The third-order valence-corrected chi connectivity index (χ3v) is 8.64. The Bertz CT molecular complexity index is 1990. The van der Waals surface area contributed by atoms with Crippen LogP contribution in [0.5, 0.6) is 5.75 Å². The van der Waals surface area contributed by atoms with Gasteiger partial charge in [-0.2, -0.15) is 0 Å². The Hall–Kier alpha value is -4.12. The summed E-state index contributed by atoms with van der Waals surface area (Å²) in [5, 5.41) is 74.6. The highest BCUT2D eigenvalue weighted by molar-refractivity contribution is 6.39. The lowest BCUT2D eigenvalue weighted by Gasteiger charge is -2.41. The molecule has 14 heteroatoms. The van der Waals surface area contributed by atoms with E-state index in [4.69, 9.17) is 4.74 Å². The van der Waals surface area contributed by atoms with Crippen LogP contribution in [-0.4, -0.2) is 112 Å². The Morgan fingerprint density at radius 2 is 1.59 bits per heavy atom. The van der Waals surface area contributed by atoms with Crippen LogP contribution in [0.1, 0.15) is 32.5 Å². The fourth-order valence-corrected chi connectivity index (χ4v) is 6.54. The molecule has 2 amide bonds. The number of nitrogens with one attached hydrogen (secondary N) is 2. The highest BCUT2D eigenvalue weighted by atomic mass is 16.6. The highest BCUT2D eigenvalue weighted by Gasteiger charge is 2.47. The van der Waals surface area contributed by atoms with Gasteiger partial charge in [-0.05, 0) is 30.7 Å². The van der Waals surface area contributed by atoms with Gasteiger partial charge in [-0.25, -0.2) is 10.4 Å². The topological polar surface area (TPSA) is 221 Å². The number of aromatic hydroxyl groups is 1. The van der Waals surface area contributed by atoms with Crippen LogP contribution in [0.15, 0.2) is 36.4 Å². The van der Waals surface area contributed by atoms with Gasteiger partial charge in [0, 0.05) is 33.1 Å². The van der Waals surface area contributed by atoms with Crippen molar-refractivity contribution in [2.75, 3.05) is 19.8 Å². The number of imide groups is 1. The van der Waals surface area contributed by atoms with Crippen molar-refractivity contribution in [3.05, 3.63) is 53.1 Å². The molecule has 14 nitrogen and oxygen atoms in total. The number of H-pyrrole nitrogens is 1. The maximum absolute atomic E-state index is 14.1. The maximum Gasteiger partial charge on any atom is 0.276 e. The summed E-state index contributed by atoms with van der Waals surface area (Å²) in [4.78, 5) is 31.5. The number of hydrogen-bond donors (Lipinski definition) is 9. The summed E-state index contributed by atoms with van der Waals surface area (Å²) in [5.41, 5.74) is 5.18. The van der Waals surface area contributed by atoms with Gasteiger partial charge in [-0.3, -0.25) is 9.59 Å². The first kappa shape index (κ1) is 28.6. The number of aliphatic hydroxyl groups is 6. The molecule has 2 aromatic heterocycles. The molecule has 3 aromatic carbocycles. The zero-order valence-corrected chi connectivity index (χ0v) is 23.3. The van der Waals surface area contributed by atoms with E-state index in [2.05, 4.69) is 10.4 Å². The molecule has 230 valence electrons. The fraction of sp³-hybridized carbons (Fsp3) is 0.333. The van der Waals surface area contributed by atoms with Crippen LogP contribution >= 0.6 is 0 Å². The fourth-order valence-electron chi connectivity index (χ4n) is 6.54. The number of nitrogens with zero attached hydrogens (tertiary/aromatic N) is 2. The Labute approximate surface area is 247 Å². The van der Waals surface area contributed by atoms with E-state index < -0.39 is 68.3 Å². The predicted octanol–water partition coefficient (Wildman–Crippen LogP) is -0.131. The molecule has 0 unspecified atom stereocenters. The first-order valence-corrected chi connectivity index (χ1v) is 14.0. The summed E-state index contributed by atoms with van der Waals surface area (Å²) >= 11 is 0. The van der Waals surface area contributed by atoms with Crippen LogP contribution in [0.3, 0.4) is 0 Å². The number of benzene rings is 3. The number of hydrogen-bond acceptors (Lipinski definition) is 11. The average Bonchev–Trinajstić information content (AvgIpc) is 3.62. The Balaban J connectivity index is 1.65. The van der Waals surface area contributed by atoms with Crippen LogP contribution in [0.2, 0.25) is 0 Å². The van der Waals surface area contributed by atoms with Gasteiger partial charge in [0.1, 0.15) is 30.2 Å². The van der Waals surface area contributed by atoms with Crippen molar-refractivity contribution in [3.8, 4) is 5.75 Å². The molecule has 44 heavy (non-hydrogen) atoms. The first-order chi connectivity index (χ1) is 21.1. The molecule has 9 N–H and O–H groups in total. The highest BCUT2D eigenvalue weighted by Crippen LogP contribution is 2.47. The SMILES string of the molecule is Cc1ccc2c(c1)[nH]c1c2c2c(c3c4ccc(O)cc4n([C@H]4O[C@@H](CO)[C@H](O)[C@@H](O)[C@@H]4O)c13)C(=O)N(NC(CO)CO)C2=O. The largest absolute Gasteiger partial charge is 0.508 e. The number of aromatic nitrogens is 2. The summed E-state index contributed by atoms with van der Waals surface area (Å²) in [6.07, 6.45) is -7.73. The molecule has 0 aliphatic carbocycles. The molecule has 5 aromatic rings. The van der Waals surface area contributed by atoms with Crippen LogP contribution in [0.25, 0.3) is 43.6 Å². The Morgan fingerprint density at radius 1 is 0.909 bits per heavy atom. The normalized spacial score (nSPS) is 24.2. The minimum atomic E-state index is -1.72. The number of carbonyl (C=O) groups excluding carboxylic acids is 2. The van der Waals surface area contributed by atoms with Crippen molar-refractivity contribution >= 4 is 55.4 Å². The second-order valence-electron chi connectivity index (χ2n) is 11.3. The van der Waals surface area contributed by atoms with Crippen molar-refractivity contribution < 1.29 is 50.1 Å². The summed E-state index contributed by atoms with van der Waals surface area (Å²) in [6.45, 7) is 0.0985. The van der Waals surface area contributed by atoms with Gasteiger partial charge >= 0.3 is 0 Å². The van der Waals surface area contributed by atoms with Gasteiger partial charge in [0.15, 0.2) is 6.23 Å². The number of phenols is 1. The second-order valence-corrected chi connectivity index (χ2v) is 11.3. The lowest BCUT2D eigenvalue weighted by atomic mass is 9.96. The standard InChI is InChI=1S/C30H30N4O10/c1-11-2-4-14-16(6-11)31-23-19(14)21-22(29(43)34(28(21)42)32-12(8-35)9-36)20-15-5-3-13(38)7-17(15)33(24(20)23)30-27(41)26(40)25(39)18(10-37)44-30/h2-7,12,18,25-27,30-32,35-41H,8-10H2,1H3/t18-,25-,26+,27-,30-/m0/s1. The number of amides is 2. The predicted molar refractivity (Wildman–Crippen MR) is 156 cm³/mol. The molecule has 0 spiro atoms. The smallest absolute Gasteiger partial charge is 0.276 e. The summed E-state index contributed by atoms with van der Waals surface area (Å²) in [5.74, 6) is -1.63. The number of ether oxygens (including phenoxy) is 1. The summed E-state index contributed by atoms with van der Waals surface area (Å²) in [7, 11) is 0. The average molecular weight is 607 g/mol. The van der Waals surface area contributed by atoms with Crippen LogP contribution < -0.4 is 5.43 Å². The summed E-state index contributed by atoms with van der Waals surface area (Å²) in [6, 6.07) is 8.83. The zero-order valence-electron chi connectivity index (χ0n) is 23.3. The molecule has 0 bridgehead atoms. The molecule has 0 radical (unpaired) electrons. The van der Waals surface area contributed by atoms with E-state index in [1.54, 1.807) is 12.1 Å². The van der Waals surface area contributed by atoms with Gasteiger partial charge in [-0.15, -0.1) is 0 Å². The quantitative estimate of drug-likeness (QED) is 0.116. The number of carbonyl (C=O) groups is 2. The molecule has 1 saturated heterocycles. The summed E-state index contributed by atoms with van der Waals surface area (Å²) < 4.78 is 7.45. The van der Waals surface area contributed by atoms with Crippen LogP contribution in [0, 0.1) is 6.92 Å². The molecular formula is C30H30N4O10. The van der Waals surface area contributed by atoms with Gasteiger partial charge in [-0.1, -0.05) is 12.1 Å². The molecule has 5 atom stereocenters. The maximum atomic E-state index is 14.1. The molecule has 1 fully saturated rings. The monoisotopic (exact) mass is 606 g/mol. The van der Waals surface area contributed by atoms with Crippen LogP contribution in [-0.2, 0) is 4.74 Å². The van der Waals surface area contributed by atoms with Crippen LogP contribution in [0.4, 0.5) is 0 Å². The van der Waals surface area contributed by atoms with Crippen molar-refractivity contribution in [1.82, 2.24) is 20.0 Å². The van der Waals surface area contributed by atoms with E-state index in [-0.39, 0.29) is 27.8 Å². The van der Waals surface area contributed by atoms with E-state index in [9.17, 15) is 45.3 Å².